The van der Waals surface area contributed by atoms with Gasteiger partial charge in [0.15, 0.2) is 5.60 Å². The second-order valence-corrected chi connectivity index (χ2v) is 4.69. The second-order valence-electron chi connectivity index (χ2n) is 4.69. The fourth-order valence-corrected chi connectivity index (χ4v) is 2.45. The molecule has 2 aromatic rings. The summed E-state index contributed by atoms with van der Waals surface area (Å²) in [6, 6.07) is 20.6. The summed E-state index contributed by atoms with van der Waals surface area (Å²) in [4.78, 5) is 5.97. The Bertz CT molecular complexity index is 535. The first-order chi connectivity index (χ1) is 9.35. The lowest BCUT2D eigenvalue weighted by Gasteiger charge is -2.26. The molecule has 1 heterocycles. The molecule has 1 aliphatic heterocycles. The van der Waals surface area contributed by atoms with Crippen molar-refractivity contribution in [1.29, 1.82) is 0 Å². The fourth-order valence-electron chi connectivity index (χ4n) is 2.45. The number of nitrogens with one attached hydrogen (secondary N) is 1. The maximum atomic E-state index is 5.97. The van der Waals surface area contributed by atoms with Crippen LogP contribution in [0.2, 0.25) is 0 Å². The van der Waals surface area contributed by atoms with E-state index in [1.165, 1.54) is 0 Å². The molecule has 0 spiro atoms. The Morgan fingerprint density at radius 3 is 1.84 bits per heavy atom. The van der Waals surface area contributed by atoms with E-state index in [0.717, 1.165) is 23.2 Å². The zero-order valence-electron chi connectivity index (χ0n) is 11.0. The van der Waals surface area contributed by atoms with Crippen LogP contribution in [0.5, 0.6) is 0 Å². The molecule has 2 nitrogen and oxygen atoms in total. The summed E-state index contributed by atoms with van der Waals surface area (Å²) in [6.07, 6.45) is 3.11. The Kier molecular flexibility index (Phi) is 3.10. The molecule has 0 radical (unpaired) electrons. The number of hydrogen-bond donors (Lipinski definition) is 1. The SMILES string of the molecule is CCC1=CC(c2ccccc2)(c2ccccc2)ON1. The van der Waals surface area contributed by atoms with E-state index in [9.17, 15) is 0 Å². The van der Waals surface area contributed by atoms with Crippen LogP contribution in [0.1, 0.15) is 24.5 Å². The molecule has 2 heteroatoms. The highest BCUT2D eigenvalue weighted by Gasteiger charge is 2.38. The van der Waals surface area contributed by atoms with Crippen molar-refractivity contribution in [2.75, 3.05) is 0 Å². The third-order valence-electron chi connectivity index (χ3n) is 3.51. The molecule has 1 aliphatic rings. The summed E-state index contributed by atoms with van der Waals surface area (Å²) in [7, 11) is 0. The van der Waals surface area contributed by atoms with E-state index in [4.69, 9.17) is 4.84 Å². The number of rotatable bonds is 3. The van der Waals surface area contributed by atoms with Gasteiger partial charge in [0, 0.05) is 5.70 Å². The molecule has 3 rings (SSSR count). The quantitative estimate of drug-likeness (QED) is 0.896. The van der Waals surface area contributed by atoms with Gasteiger partial charge < -0.3 is 0 Å². The normalized spacial score (nSPS) is 16.8. The number of hydrogen-bond acceptors (Lipinski definition) is 2. The molecule has 0 bridgehead atoms. The first-order valence-electron chi connectivity index (χ1n) is 6.62. The van der Waals surface area contributed by atoms with E-state index in [1.807, 2.05) is 36.4 Å². The number of benzene rings is 2. The van der Waals surface area contributed by atoms with Crippen LogP contribution in [0.4, 0.5) is 0 Å². The molecule has 0 aromatic heterocycles. The van der Waals surface area contributed by atoms with Gasteiger partial charge in [-0.05, 0) is 23.6 Å². The Morgan fingerprint density at radius 1 is 0.895 bits per heavy atom. The van der Waals surface area contributed by atoms with Crippen molar-refractivity contribution in [3.8, 4) is 0 Å². The molecule has 0 amide bonds. The minimum atomic E-state index is -0.520. The minimum Gasteiger partial charge on any atom is -0.270 e. The predicted octanol–water partition coefficient (Wildman–Crippen LogP) is 3.76. The van der Waals surface area contributed by atoms with Crippen molar-refractivity contribution in [2.24, 2.45) is 0 Å². The zero-order chi connectivity index (χ0) is 13.1. The predicted molar refractivity (Wildman–Crippen MR) is 76.3 cm³/mol. The lowest BCUT2D eigenvalue weighted by molar-refractivity contribution is -0.0172. The summed E-state index contributed by atoms with van der Waals surface area (Å²) in [5.74, 6) is 0. The molecular weight excluding hydrogens is 234 g/mol. The van der Waals surface area contributed by atoms with Gasteiger partial charge in [0.1, 0.15) is 0 Å². The van der Waals surface area contributed by atoms with Crippen molar-refractivity contribution in [3.05, 3.63) is 83.6 Å². The maximum Gasteiger partial charge on any atom is 0.166 e. The van der Waals surface area contributed by atoms with Crippen LogP contribution in [-0.2, 0) is 10.4 Å². The topological polar surface area (TPSA) is 21.3 Å². The van der Waals surface area contributed by atoms with Crippen LogP contribution in [0.25, 0.3) is 0 Å². The van der Waals surface area contributed by atoms with E-state index in [-0.39, 0.29) is 0 Å². The zero-order valence-corrected chi connectivity index (χ0v) is 11.0. The molecule has 0 atom stereocenters. The van der Waals surface area contributed by atoms with Gasteiger partial charge in [-0.1, -0.05) is 67.6 Å². The molecule has 19 heavy (non-hydrogen) atoms. The standard InChI is InChI=1S/C17H17NO/c1-2-16-13-17(19-18-16,14-9-5-3-6-10-14)15-11-7-4-8-12-15/h3-13,18H,2H2,1H3. The molecule has 0 fully saturated rings. The first kappa shape index (κ1) is 12.0. The molecule has 2 aromatic carbocycles. The average Bonchev–Trinajstić information content (AvgIpc) is 2.95. The van der Waals surface area contributed by atoms with Crippen molar-refractivity contribution >= 4 is 0 Å². The van der Waals surface area contributed by atoms with Crippen molar-refractivity contribution < 1.29 is 4.84 Å². The summed E-state index contributed by atoms with van der Waals surface area (Å²) >= 11 is 0. The van der Waals surface area contributed by atoms with Gasteiger partial charge in [-0.15, -0.1) is 0 Å². The smallest absolute Gasteiger partial charge is 0.166 e. The molecule has 0 saturated carbocycles. The Hall–Kier alpha value is -2.06. The van der Waals surface area contributed by atoms with Gasteiger partial charge in [0.05, 0.1) is 0 Å². The third-order valence-corrected chi connectivity index (χ3v) is 3.51. The van der Waals surface area contributed by atoms with E-state index in [2.05, 4.69) is 42.7 Å². The Balaban J connectivity index is 2.16. The molecule has 96 valence electrons. The van der Waals surface area contributed by atoms with Crippen LogP contribution in [0.3, 0.4) is 0 Å². The van der Waals surface area contributed by atoms with E-state index in [0.29, 0.717) is 0 Å². The van der Waals surface area contributed by atoms with Gasteiger partial charge in [-0.25, -0.2) is 0 Å². The van der Waals surface area contributed by atoms with Crippen LogP contribution >= 0.6 is 0 Å². The van der Waals surface area contributed by atoms with Crippen molar-refractivity contribution in [3.63, 3.8) is 0 Å². The highest BCUT2D eigenvalue weighted by atomic mass is 16.7. The van der Waals surface area contributed by atoms with Gasteiger partial charge in [0.2, 0.25) is 0 Å². The lowest BCUT2D eigenvalue weighted by Crippen LogP contribution is -2.28. The van der Waals surface area contributed by atoms with Crippen LogP contribution < -0.4 is 5.48 Å². The van der Waals surface area contributed by atoms with Crippen molar-refractivity contribution in [2.45, 2.75) is 18.9 Å². The Labute approximate surface area is 113 Å². The van der Waals surface area contributed by atoms with E-state index < -0.39 is 5.60 Å². The maximum absolute atomic E-state index is 5.97. The summed E-state index contributed by atoms with van der Waals surface area (Å²) in [5.41, 5.74) is 5.93. The average molecular weight is 251 g/mol. The third kappa shape index (κ3) is 2.04. The number of allylic oxidation sites excluding steroid dienone is 1. The van der Waals surface area contributed by atoms with Gasteiger partial charge in [0.25, 0.3) is 0 Å². The van der Waals surface area contributed by atoms with Crippen LogP contribution in [0, 0.1) is 0 Å². The molecule has 1 N–H and O–H groups in total. The minimum absolute atomic E-state index is 0.520. The molecular formula is C17H17NO. The van der Waals surface area contributed by atoms with Gasteiger partial charge in [-0.2, -0.15) is 0 Å². The first-order valence-corrected chi connectivity index (χ1v) is 6.62. The summed E-state index contributed by atoms with van der Waals surface area (Å²) in [5, 5.41) is 0. The largest absolute Gasteiger partial charge is 0.270 e. The highest BCUT2D eigenvalue weighted by molar-refractivity contribution is 5.43. The Morgan fingerprint density at radius 2 is 1.42 bits per heavy atom. The van der Waals surface area contributed by atoms with E-state index in [1.54, 1.807) is 0 Å². The number of hydroxylamine groups is 1. The van der Waals surface area contributed by atoms with Crippen LogP contribution in [0.15, 0.2) is 72.4 Å². The lowest BCUT2D eigenvalue weighted by atomic mass is 9.86. The molecule has 0 unspecified atom stereocenters. The summed E-state index contributed by atoms with van der Waals surface area (Å²) in [6.45, 7) is 2.12. The molecule has 0 saturated heterocycles. The van der Waals surface area contributed by atoms with Crippen LogP contribution in [-0.4, -0.2) is 0 Å². The highest BCUT2D eigenvalue weighted by Crippen LogP contribution is 2.38. The molecule has 0 aliphatic carbocycles. The van der Waals surface area contributed by atoms with E-state index >= 15 is 0 Å². The van der Waals surface area contributed by atoms with Gasteiger partial charge >= 0.3 is 0 Å². The van der Waals surface area contributed by atoms with Crippen molar-refractivity contribution in [1.82, 2.24) is 5.48 Å². The summed E-state index contributed by atoms with van der Waals surface area (Å²) < 4.78 is 0. The monoisotopic (exact) mass is 251 g/mol. The fraction of sp³-hybridized carbons (Fsp3) is 0.176. The van der Waals surface area contributed by atoms with Gasteiger partial charge in [-0.3, -0.25) is 10.3 Å². The second kappa shape index (κ2) is 4.90.